The molecule has 2 aromatic carbocycles. The summed E-state index contributed by atoms with van der Waals surface area (Å²) in [6.45, 7) is 8.85. The third-order valence-electron chi connectivity index (χ3n) is 5.66. The second-order valence-corrected chi connectivity index (χ2v) is 10.3. The highest BCUT2D eigenvalue weighted by atomic mass is 35.5. The summed E-state index contributed by atoms with van der Waals surface area (Å²) >= 11 is 6.13. The van der Waals surface area contributed by atoms with Crippen LogP contribution in [0.5, 0.6) is 11.5 Å². The molecule has 0 amide bonds. The van der Waals surface area contributed by atoms with E-state index < -0.39 is 40.8 Å². The minimum absolute atomic E-state index is 0.0956. The lowest BCUT2D eigenvalue weighted by molar-refractivity contribution is -0.150. The van der Waals surface area contributed by atoms with Crippen LogP contribution in [0.1, 0.15) is 46.3 Å². The fraction of sp³-hybridized carbons (Fsp3) is 0.370. The van der Waals surface area contributed by atoms with Crippen LogP contribution < -0.4 is 4.74 Å². The Hall–Kier alpha value is -3.37. The van der Waals surface area contributed by atoms with E-state index in [9.17, 15) is 19.2 Å². The first-order valence-corrected chi connectivity index (χ1v) is 11.4. The van der Waals surface area contributed by atoms with E-state index in [-0.39, 0.29) is 22.3 Å². The number of hydrogen-bond donors (Lipinski definition) is 0. The molecule has 0 aliphatic heterocycles. The second kappa shape index (κ2) is 10.1. The Bertz CT molecular complexity index is 1180. The molecule has 6 nitrogen and oxygen atoms in total. The van der Waals surface area contributed by atoms with E-state index in [4.69, 9.17) is 25.8 Å². The summed E-state index contributed by atoms with van der Waals surface area (Å²) in [4.78, 5) is 25.1. The van der Waals surface area contributed by atoms with E-state index in [1.54, 1.807) is 51.1 Å². The van der Waals surface area contributed by atoms with Gasteiger partial charge in [0.05, 0.1) is 5.92 Å². The SMILES string of the molecule is CC(C)(C)OC(=O)/C(Cl)=C\[C@H]1[C@@H](C(=O)O[C@H](C#N)c2ccc(F)c(Oc3ccccc3)c2)C1(C)C. The molecule has 0 heterocycles. The fourth-order valence-corrected chi connectivity index (χ4v) is 3.90. The molecule has 0 bridgehead atoms. The summed E-state index contributed by atoms with van der Waals surface area (Å²) in [6, 6.07) is 14.4. The monoisotopic (exact) mass is 499 g/mol. The molecule has 0 saturated heterocycles. The van der Waals surface area contributed by atoms with Gasteiger partial charge in [0.2, 0.25) is 6.10 Å². The van der Waals surface area contributed by atoms with E-state index in [2.05, 4.69) is 0 Å². The second-order valence-electron chi connectivity index (χ2n) is 9.89. The normalized spacial score (nSPS) is 19.8. The molecule has 184 valence electrons. The lowest BCUT2D eigenvalue weighted by Crippen LogP contribution is -2.24. The largest absolute Gasteiger partial charge is 0.456 e. The lowest BCUT2D eigenvalue weighted by atomic mass is 10.1. The van der Waals surface area contributed by atoms with Crippen LogP contribution in [0.15, 0.2) is 59.6 Å². The van der Waals surface area contributed by atoms with Crippen molar-refractivity contribution in [1.29, 1.82) is 5.26 Å². The van der Waals surface area contributed by atoms with Crippen LogP contribution in [0.25, 0.3) is 0 Å². The van der Waals surface area contributed by atoms with Gasteiger partial charge >= 0.3 is 11.9 Å². The van der Waals surface area contributed by atoms with Crippen molar-refractivity contribution in [2.45, 2.75) is 46.3 Å². The first-order valence-electron chi connectivity index (χ1n) is 11.1. The molecule has 0 unspecified atom stereocenters. The highest BCUT2D eigenvalue weighted by Crippen LogP contribution is 2.60. The molecule has 1 aliphatic carbocycles. The predicted molar refractivity (Wildman–Crippen MR) is 128 cm³/mol. The van der Waals surface area contributed by atoms with Crippen molar-refractivity contribution in [2.75, 3.05) is 0 Å². The number of nitriles is 1. The van der Waals surface area contributed by atoms with Gasteiger partial charge in [-0.1, -0.05) is 55.8 Å². The van der Waals surface area contributed by atoms with Crippen LogP contribution in [0.4, 0.5) is 4.39 Å². The van der Waals surface area contributed by atoms with E-state index in [0.29, 0.717) is 5.75 Å². The van der Waals surface area contributed by atoms with Crippen molar-refractivity contribution < 1.29 is 28.2 Å². The van der Waals surface area contributed by atoms with Gasteiger partial charge in [0.15, 0.2) is 11.6 Å². The predicted octanol–water partition coefficient (Wildman–Crippen LogP) is 6.46. The molecule has 8 heteroatoms. The van der Waals surface area contributed by atoms with Gasteiger partial charge in [-0.05, 0) is 56.4 Å². The Morgan fingerprint density at radius 2 is 1.83 bits per heavy atom. The highest BCUT2D eigenvalue weighted by Gasteiger charge is 2.62. The minimum Gasteiger partial charge on any atom is -0.456 e. The zero-order valence-electron chi connectivity index (χ0n) is 20.2. The summed E-state index contributed by atoms with van der Waals surface area (Å²) in [6.07, 6.45) is 0.218. The first kappa shape index (κ1) is 26.2. The van der Waals surface area contributed by atoms with Crippen LogP contribution in [-0.4, -0.2) is 17.5 Å². The van der Waals surface area contributed by atoms with E-state index in [1.807, 2.05) is 19.9 Å². The Labute approximate surface area is 209 Å². The van der Waals surface area contributed by atoms with Crippen LogP contribution >= 0.6 is 11.6 Å². The van der Waals surface area contributed by atoms with Crippen molar-refractivity contribution in [3.8, 4) is 17.6 Å². The molecular formula is C27H27ClFNO5. The number of carbonyl (C=O) groups excluding carboxylic acids is 2. The topological polar surface area (TPSA) is 85.6 Å². The van der Waals surface area contributed by atoms with Gasteiger partial charge in [0.1, 0.15) is 22.5 Å². The Kier molecular flexibility index (Phi) is 7.56. The maximum Gasteiger partial charge on any atom is 0.349 e. The zero-order valence-corrected chi connectivity index (χ0v) is 20.9. The maximum atomic E-state index is 14.3. The van der Waals surface area contributed by atoms with Gasteiger partial charge in [-0.2, -0.15) is 5.26 Å². The molecule has 1 fully saturated rings. The number of ether oxygens (including phenoxy) is 3. The molecule has 2 aromatic rings. The Morgan fingerprint density at radius 1 is 1.17 bits per heavy atom. The van der Waals surface area contributed by atoms with Crippen molar-refractivity contribution in [1.82, 2.24) is 0 Å². The van der Waals surface area contributed by atoms with Gasteiger partial charge in [0, 0.05) is 5.56 Å². The molecule has 3 atom stereocenters. The standard InChI is InChI=1S/C27H27ClFNO5/c1-26(2,3)35-24(31)19(28)14-18-23(27(18,4)5)25(32)34-22(15-30)16-11-12-20(29)21(13-16)33-17-9-7-6-8-10-17/h6-14,18,22-23H,1-5H3/b19-14+/t18-,22+,23-/m0/s1. The number of rotatable bonds is 7. The molecule has 35 heavy (non-hydrogen) atoms. The first-order chi connectivity index (χ1) is 16.3. The van der Waals surface area contributed by atoms with Gasteiger partial charge in [-0.15, -0.1) is 0 Å². The van der Waals surface area contributed by atoms with Gasteiger partial charge in [-0.25, -0.2) is 9.18 Å². The molecule has 0 spiro atoms. The average molecular weight is 500 g/mol. The van der Waals surface area contributed by atoms with Crippen molar-refractivity contribution in [2.24, 2.45) is 17.3 Å². The Balaban J connectivity index is 1.73. The summed E-state index contributed by atoms with van der Waals surface area (Å²) in [5.74, 6) is -2.58. The van der Waals surface area contributed by atoms with Crippen LogP contribution in [0.3, 0.4) is 0 Å². The number of para-hydroxylation sites is 1. The maximum absolute atomic E-state index is 14.3. The number of allylic oxidation sites excluding steroid dienone is 1. The van der Waals surface area contributed by atoms with Crippen LogP contribution in [0.2, 0.25) is 0 Å². The summed E-state index contributed by atoms with van der Waals surface area (Å²) in [5, 5.41) is 9.53. The zero-order chi connectivity index (χ0) is 26.0. The van der Waals surface area contributed by atoms with Crippen molar-refractivity contribution >= 4 is 23.5 Å². The summed E-state index contributed by atoms with van der Waals surface area (Å²) < 4.78 is 30.6. The quantitative estimate of drug-likeness (QED) is 0.321. The number of nitrogens with zero attached hydrogens (tertiary/aromatic N) is 1. The van der Waals surface area contributed by atoms with Gasteiger partial charge < -0.3 is 14.2 Å². The van der Waals surface area contributed by atoms with E-state index >= 15 is 0 Å². The summed E-state index contributed by atoms with van der Waals surface area (Å²) in [5.41, 5.74) is -0.977. The smallest absolute Gasteiger partial charge is 0.349 e. The molecule has 1 aliphatic rings. The minimum atomic E-state index is -1.27. The molecule has 0 aromatic heterocycles. The molecule has 0 N–H and O–H groups in total. The van der Waals surface area contributed by atoms with E-state index in [1.165, 1.54) is 18.2 Å². The number of hydrogen-bond acceptors (Lipinski definition) is 6. The molecule has 0 radical (unpaired) electrons. The van der Waals surface area contributed by atoms with Crippen molar-refractivity contribution in [3.05, 3.63) is 71.0 Å². The molecule has 1 saturated carbocycles. The molecule has 3 rings (SSSR count). The third kappa shape index (κ3) is 6.40. The van der Waals surface area contributed by atoms with Gasteiger partial charge in [0.25, 0.3) is 0 Å². The highest BCUT2D eigenvalue weighted by molar-refractivity contribution is 6.41. The third-order valence-corrected chi connectivity index (χ3v) is 5.94. The number of benzene rings is 2. The average Bonchev–Trinajstić information content (AvgIpc) is 3.32. The molecular weight excluding hydrogens is 473 g/mol. The van der Waals surface area contributed by atoms with Crippen LogP contribution in [0, 0.1) is 34.4 Å². The number of carbonyl (C=O) groups is 2. The van der Waals surface area contributed by atoms with E-state index in [0.717, 1.165) is 6.07 Å². The number of halogens is 2. The van der Waals surface area contributed by atoms with Crippen LogP contribution in [-0.2, 0) is 19.1 Å². The van der Waals surface area contributed by atoms with Gasteiger partial charge in [-0.3, -0.25) is 4.79 Å². The number of esters is 2. The Morgan fingerprint density at radius 3 is 2.43 bits per heavy atom. The van der Waals surface area contributed by atoms with Crippen molar-refractivity contribution in [3.63, 3.8) is 0 Å². The fourth-order valence-electron chi connectivity index (χ4n) is 3.73. The summed E-state index contributed by atoms with van der Waals surface area (Å²) in [7, 11) is 0. The lowest BCUT2D eigenvalue weighted by Gasteiger charge is -2.19.